The number of pyridine rings is 1. The second-order valence-corrected chi connectivity index (χ2v) is 10.9. The maximum Gasteiger partial charge on any atom is 0.253 e. The fourth-order valence-corrected chi connectivity index (χ4v) is 5.83. The van der Waals surface area contributed by atoms with Crippen LogP contribution >= 0.6 is 0 Å². The van der Waals surface area contributed by atoms with Gasteiger partial charge in [0.2, 0.25) is 0 Å². The van der Waals surface area contributed by atoms with Crippen LogP contribution in [0.15, 0.2) is 52.7 Å². The maximum atomic E-state index is 12.8. The number of hydrogen-bond donors (Lipinski definition) is 2. The zero-order valence-corrected chi connectivity index (χ0v) is 20.9. The number of nitrogens with zero attached hydrogens (tertiary/aromatic N) is 2. The zero-order valence-electron chi connectivity index (χ0n) is 20.9. The summed E-state index contributed by atoms with van der Waals surface area (Å²) in [5.74, 6) is 1.81. The number of piperidine rings is 3. The molecule has 3 aromatic rings. The molecule has 0 radical (unpaired) electrons. The van der Waals surface area contributed by atoms with Gasteiger partial charge >= 0.3 is 0 Å². The van der Waals surface area contributed by atoms with Crippen LogP contribution < -0.4 is 26.2 Å². The number of fused-ring (bicyclic) bond motifs is 4. The summed E-state index contributed by atoms with van der Waals surface area (Å²) in [4.78, 5) is 32.3. The van der Waals surface area contributed by atoms with Gasteiger partial charge < -0.3 is 15.4 Å². The first-order chi connectivity index (χ1) is 16.7. The maximum absolute atomic E-state index is 12.8. The SMILES string of the molecule is C=CC1CN2CCC1CC2C(Nc1c(NC(C)(C)C)c(=O)c1=O)c1ccnc2ccc(OC)cc12. The number of ether oxygens (including phenoxy) is 1. The van der Waals surface area contributed by atoms with E-state index in [4.69, 9.17) is 4.74 Å². The number of methoxy groups -OCH3 is 1. The minimum atomic E-state index is -0.461. The highest BCUT2D eigenvalue weighted by Gasteiger charge is 2.43. The van der Waals surface area contributed by atoms with Crippen LogP contribution in [0.5, 0.6) is 5.75 Å². The predicted octanol–water partition coefficient (Wildman–Crippen LogP) is 4.10. The van der Waals surface area contributed by atoms with Crippen molar-refractivity contribution in [2.75, 3.05) is 30.8 Å². The lowest BCUT2D eigenvalue weighted by molar-refractivity contribution is 0.0105. The fourth-order valence-electron chi connectivity index (χ4n) is 5.83. The molecule has 0 spiro atoms. The van der Waals surface area contributed by atoms with Crippen molar-refractivity contribution in [2.45, 2.75) is 51.2 Å². The lowest BCUT2D eigenvalue weighted by Crippen LogP contribution is -2.56. The number of rotatable bonds is 7. The molecular formula is C28H34N4O3. The first kappa shape index (κ1) is 23.5. The molecule has 5 unspecified atom stereocenters. The van der Waals surface area contributed by atoms with E-state index < -0.39 is 10.9 Å². The lowest BCUT2D eigenvalue weighted by atomic mass is 9.73. The molecule has 2 aromatic carbocycles. The van der Waals surface area contributed by atoms with Crippen molar-refractivity contribution in [3.05, 3.63) is 69.1 Å². The van der Waals surface area contributed by atoms with Gasteiger partial charge in [-0.15, -0.1) is 6.58 Å². The second kappa shape index (κ2) is 8.79. The summed E-state index contributed by atoms with van der Waals surface area (Å²) in [6.45, 7) is 12.0. The Labute approximate surface area is 205 Å². The van der Waals surface area contributed by atoms with E-state index in [2.05, 4.69) is 33.2 Å². The molecule has 1 aromatic heterocycles. The van der Waals surface area contributed by atoms with Crippen molar-refractivity contribution in [2.24, 2.45) is 11.8 Å². The Bertz CT molecular complexity index is 1330. The van der Waals surface area contributed by atoms with E-state index in [9.17, 15) is 9.59 Å². The van der Waals surface area contributed by atoms with Crippen LogP contribution in [0.3, 0.4) is 0 Å². The van der Waals surface area contributed by atoms with Gasteiger partial charge in [0.25, 0.3) is 10.9 Å². The predicted molar refractivity (Wildman–Crippen MR) is 141 cm³/mol. The quantitative estimate of drug-likeness (QED) is 0.394. The van der Waals surface area contributed by atoms with Crippen LogP contribution in [0.1, 0.15) is 45.2 Å². The molecular weight excluding hydrogens is 440 g/mol. The summed E-state index contributed by atoms with van der Waals surface area (Å²) in [7, 11) is 1.65. The fraction of sp³-hybridized carbons (Fsp3) is 0.464. The van der Waals surface area contributed by atoms with Gasteiger partial charge in [0.1, 0.15) is 17.1 Å². The largest absolute Gasteiger partial charge is 0.497 e. The van der Waals surface area contributed by atoms with Crippen molar-refractivity contribution >= 4 is 22.3 Å². The molecule has 4 heterocycles. The third-order valence-electron chi connectivity index (χ3n) is 7.57. The lowest BCUT2D eigenvalue weighted by Gasteiger charge is -2.52. The summed E-state index contributed by atoms with van der Waals surface area (Å²) < 4.78 is 5.51. The van der Waals surface area contributed by atoms with E-state index in [1.165, 1.54) is 0 Å². The summed E-state index contributed by atoms with van der Waals surface area (Å²) in [5, 5.41) is 7.77. The molecule has 7 heteroatoms. The Balaban J connectivity index is 1.61. The van der Waals surface area contributed by atoms with E-state index in [1.54, 1.807) is 7.11 Å². The molecule has 2 bridgehead atoms. The molecule has 3 aliphatic heterocycles. The van der Waals surface area contributed by atoms with Crippen molar-refractivity contribution in [1.29, 1.82) is 0 Å². The molecule has 2 N–H and O–H groups in total. The molecule has 3 saturated heterocycles. The smallest absolute Gasteiger partial charge is 0.253 e. The van der Waals surface area contributed by atoms with E-state index in [0.717, 1.165) is 48.1 Å². The van der Waals surface area contributed by atoms with Crippen LogP contribution in [0.25, 0.3) is 10.9 Å². The normalized spacial score (nSPS) is 24.9. The van der Waals surface area contributed by atoms with Crippen LogP contribution in [-0.4, -0.2) is 41.7 Å². The Morgan fingerprint density at radius 2 is 1.97 bits per heavy atom. The average molecular weight is 475 g/mol. The van der Waals surface area contributed by atoms with Gasteiger partial charge in [0, 0.05) is 29.7 Å². The van der Waals surface area contributed by atoms with Gasteiger partial charge in [-0.25, -0.2) is 0 Å². The van der Waals surface area contributed by atoms with Crippen LogP contribution in [-0.2, 0) is 0 Å². The molecule has 3 fully saturated rings. The minimum Gasteiger partial charge on any atom is -0.497 e. The highest BCUT2D eigenvalue weighted by Crippen LogP contribution is 2.43. The van der Waals surface area contributed by atoms with Gasteiger partial charge in [-0.2, -0.15) is 0 Å². The summed E-state index contributed by atoms with van der Waals surface area (Å²) in [5.41, 5.74) is 1.42. The van der Waals surface area contributed by atoms with Gasteiger partial charge in [-0.05, 0) is 81.8 Å². The summed E-state index contributed by atoms with van der Waals surface area (Å²) in [6, 6.07) is 7.88. The first-order valence-corrected chi connectivity index (χ1v) is 12.4. The molecule has 184 valence electrons. The molecule has 7 nitrogen and oxygen atoms in total. The average Bonchev–Trinajstić information content (AvgIpc) is 2.87. The molecule has 0 amide bonds. The number of anilines is 2. The van der Waals surface area contributed by atoms with Crippen LogP contribution in [0.2, 0.25) is 0 Å². The molecule has 35 heavy (non-hydrogen) atoms. The van der Waals surface area contributed by atoms with Gasteiger partial charge in [-0.1, -0.05) is 6.08 Å². The monoisotopic (exact) mass is 474 g/mol. The highest BCUT2D eigenvalue weighted by molar-refractivity contribution is 5.85. The van der Waals surface area contributed by atoms with Gasteiger partial charge in [-0.3, -0.25) is 19.5 Å². The Hall–Kier alpha value is -3.19. The Morgan fingerprint density at radius 3 is 2.63 bits per heavy atom. The topological polar surface area (TPSA) is 83.6 Å². The standard InChI is InChI=1S/C28H34N4O3/c1-6-16-15-32-12-10-17(16)13-22(32)23(30-24-25(27(34)26(24)33)31-28(2,3)4)19-9-11-29-21-8-7-18(35-5)14-20(19)21/h6-9,11,14,16-17,22-23,30-31H,1,10,12-13,15H2,2-5H3. The van der Waals surface area contributed by atoms with Crippen molar-refractivity contribution in [1.82, 2.24) is 9.88 Å². The third-order valence-corrected chi connectivity index (χ3v) is 7.57. The number of aromatic nitrogens is 1. The molecule has 0 aliphatic carbocycles. The van der Waals surface area contributed by atoms with Crippen molar-refractivity contribution in [3.63, 3.8) is 0 Å². The van der Waals surface area contributed by atoms with Gasteiger partial charge in [0.05, 0.1) is 18.7 Å². The van der Waals surface area contributed by atoms with Crippen molar-refractivity contribution < 1.29 is 4.74 Å². The molecule has 5 atom stereocenters. The number of nitrogens with one attached hydrogen (secondary N) is 2. The van der Waals surface area contributed by atoms with E-state index in [1.807, 2.05) is 51.2 Å². The third kappa shape index (κ3) is 4.22. The zero-order chi connectivity index (χ0) is 24.9. The van der Waals surface area contributed by atoms with Crippen LogP contribution in [0, 0.1) is 11.8 Å². The molecule has 3 aliphatic rings. The Morgan fingerprint density at radius 1 is 1.20 bits per heavy atom. The summed E-state index contributed by atoms with van der Waals surface area (Å²) in [6.07, 6.45) is 6.06. The van der Waals surface area contributed by atoms with E-state index in [0.29, 0.717) is 23.2 Å². The minimum absolute atomic E-state index is 0.175. The first-order valence-electron chi connectivity index (χ1n) is 12.4. The molecule has 0 saturated carbocycles. The van der Waals surface area contributed by atoms with E-state index >= 15 is 0 Å². The Kier molecular flexibility index (Phi) is 5.91. The van der Waals surface area contributed by atoms with Crippen LogP contribution in [0.4, 0.5) is 11.4 Å². The number of hydrogen-bond acceptors (Lipinski definition) is 7. The summed E-state index contributed by atoms with van der Waals surface area (Å²) >= 11 is 0. The van der Waals surface area contributed by atoms with Crippen molar-refractivity contribution in [3.8, 4) is 5.75 Å². The van der Waals surface area contributed by atoms with Gasteiger partial charge in [0.15, 0.2) is 0 Å². The molecule has 6 rings (SSSR count). The highest BCUT2D eigenvalue weighted by atomic mass is 16.5. The second-order valence-electron chi connectivity index (χ2n) is 10.9. The number of benzene rings is 1. The van der Waals surface area contributed by atoms with E-state index in [-0.39, 0.29) is 17.6 Å².